The summed E-state index contributed by atoms with van der Waals surface area (Å²) in [6.07, 6.45) is 5.32. The molecule has 1 aliphatic carbocycles. The van der Waals surface area contributed by atoms with Gasteiger partial charge >= 0.3 is 0 Å². The molecule has 0 aliphatic heterocycles. The van der Waals surface area contributed by atoms with Gasteiger partial charge in [0, 0.05) is 25.0 Å². The minimum atomic E-state index is 0.744. The molecule has 0 amide bonds. The van der Waals surface area contributed by atoms with E-state index in [0.29, 0.717) is 0 Å². The summed E-state index contributed by atoms with van der Waals surface area (Å²) in [6.45, 7) is 6.62. The van der Waals surface area contributed by atoms with Gasteiger partial charge < -0.3 is 10.1 Å². The molecular formula is C13H27NOS. The third-order valence-corrected chi connectivity index (χ3v) is 4.82. The maximum Gasteiger partial charge on any atom is 0.0470 e. The van der Waals surface area contributed by atoms with Crippen LogP contribution in [-0.2, 0) is 4.74 Å². The number of ether oxygens (including phenoxy) is 1. The van der Waals surface area contributed by atoms with E-state index in [1.165, 1.54) is 31.4 Å². The Hall–Kier alpha value is 0.270. The number of methoxy groups -OCH3 is 1. The van der Waals surface area contributed by atoms with Gasteiger partial charge in [-0.3, -0.25) is 0 Å². The second kappa shape index (κ2) is 8.37. The summed E-state index contributed by atoms with van der Waals surface area (Å²) in [5.74, 6) is 2.16. The summed E-state index contributed by atoms with van der Waals surface area (Å²) in [4.78, 5) is 0. The van der Waals surface area contributed by atoms with Crippen LogP contribution in [0.15, 0.2) is 0 Å². The van der Waals surface area contributed by atoms with Gasteiger partial charge in [0.1, 0.15) is 0 Å². The molecule has 2 nitrogen and oxygen atoms in total. The first-order valence-electron chi connectivity index (χ1n) is 6.61. The summed E-state index contributed by atoms with van der Waals surface area (Å²) in [5, 5.41) is 4.46. The zero-order valence-electron chi connectivity index (χ0n) is 11.0. The van der Waals surface area contributed by atoms with Crippen molar-refractivity contribution in [2.75, 3.05) is 26.0 Å². The standard InChI is InChI=1S/C13H27NOS/c1-4-14-12-7-6-11(2)10-13(12)16-9-5-8-15-3/h11-14H,4-10H2,1-3H3. The van der Waals surface area contributed by atoms with Gasteiger partial charge in [-0.15, -0.1) is 0 Å². The zero-order valence-corrected chi connectivity index (χ0v) is 11.8. The topological polar surface area (TPSA) is 21.3 Å². The minimum absolute atomic E-state index is 0.744. The third kappa shape index (κ3) is 5.07. The highest BCUT2D eigenvalue weighted by Crippen LogP contribution is 2.32. The molecule has 3 heteroatoms. The van der Waals surface area contributed by atoms with Gasteiger partial charge in [-0.1, -0.05) is 13.8 Å². The smallest absolute Gasteiger partial charge is 0.0470 e. The maximum absolute atomic E-state index is 5.10. The van der Waals surface area contributed by atoms with Crippen LogP contribution in [0.2, 0.25) is 0 Å². The maximum atomic E-state index is 5.10. The molecule has 0 aromatic carbocycles. The lowest BCUT2D eigenvalue weighted by molar-refractivity contribution is 0.200. The van der Waals surface area contributed by atoms with Crippen molar-refractivity contribution in [1.29, 1.82) is 0 Å². The molecule has 1 aliphatic rings. The third-order valence-electron chi connectivity index (χ3n) is 3.34. The Morgan fingerprint density at radius 2 is 2.19 bits per heavy atom. The fraction of sp³-hybridized carbons (Fsp3) is 1.00. The molecule has 0 aromatic rings. The second-order valence-electron chi connectivity index (χ2n) is 4.84. The summed E-state index contributed by atoms with van der Waals surface area (Å²) < 4.78 is 5.10. The normalized spacial score (nSPS) is 30.6. The van der Waals surface area contributed by atoms with Crippen LogP contribution >= 0.6 is 11.8 Å². The molecule has 1 rings (SSSR count). The Bertz CT molecular complexity index is 177. The van der Waals surface area contributed by atoms with Crippen LogP contribution in [0, 0.1) is 5.92 Å². The number of hydrogen-bond acceptors (Lipinski definition) is 3. The SMILES string of the molecule is CCNC1CCC(C)CC1SCCCOC. The minimum Gasteiger partial charge on any atom is -0.385 e. The Labute approximate surface area is 105 Å². The molecule has 0 aromatic heterocycles. The highest BCUT2D eigenvalue weighted by Gasteiger charge is 2.27. The van der Waals surface area contributed by atoms with Crippen molar-refractivity contribution < 1.29 is 4.74 Å². The van der Waals surface area contributed by atoms with Gasteiger partial charge in [-0.25, -0.2) is 0 Å². The Balaban J connectivity index is 2.26. The lowest BCUT2D eigenvalue weighted by atomic mass is 9.87. The van der Waals surface area contributed by atoms with Gasteiger partial charge in [0.2, 0.25) is 0 Å². The molecule has 0 bridgehead atoms. The van der Waals surface area contributed by atoms with Crippen LogP contribution in [0.5, 0.6) is 0 Å². The van der Waals surface area contributed by atoms with Crippen molar-refractivity contribution in [2.24, 2.45) is 5.92 Å². The molecule has 0 spiro atoms. The second-order valence-corrected chi connectivity index (χ2v) is 6.19. The molecule has 1 saturated carbocycles. The lowest BCUT2D eigenvalue weighted by Crippen LogP contribution is -2.42. The Morgan fingerprint density at radius 1 is 1.38 bits per heavy atom. The van der Waals surface area contributed by atoms with Crippen LogP contribution in [-0.4, -0.2) is 37.3 Å². The first-order valence-corrected chi connectivity index (χ1v) is 7.66. The average Bonchev–Trinajstić information content (AvgIpc) is 2.28. The number of hydrogen-bond donors (Lipinski definition) is 1. The first-order chi connectivity index (χ1) is 7.77. The molecule has 0 heterocycles. The van der Waals surface area contributed by atoms with Gasteiger partial charge in [0.25, 0.3) is 0 Å². The van der Waals surface area contributed by atoms with Gasteiger partial charge in [0.05, 0.1) is 0 Å². The molecule has 3 atom stereocenters. The Kier molecular flexibility index (Phi) is 7.50. The van der Waals surface area contributed by atoms with Crippen LogP contribution in [0.3, 0.4) is 0 Å². The van der Waals surface area contributed by atoms with Crippen LogP contribution in [0.25, 0.3) is 0 Å². The molecule has 16 heavy (non-hydrogen) atoms. The molecular weight excluding hydrogens is 218 g/mol. The van der Waals surface area contributed by atoms with Gasteiger partial charge in [0.15, 0.2) is 0 Å². The van der Waals surface area contributed by atoms with E-state index in [1.807, 2.05) is 0 Å². The van der Waals surface area contributed by atoms with Crippen molar-refractivity contribution in [3.05, 3.63) is 0 Å². The Morgan fingerprint density at radius 3 is 2.88 bits per heavy atom. The van der Waals surface area contributed by atoms with E-state index in [-0.39, 0.29) is 0 Å². The lowest BCUT2D eigenvalue weighted by Gasteiger charge is -2.35. The molecule has 1 N–H and O–H groups in total. The molecule has 1 fully saturated rings. The summed E-state index contributed by atoms with van der Waals surface area (Å²) in [5.41, 5.74) is 0. The summed E-state index contributed by atoms with van der Waals surface area (Å²) in [7, 11) is 1.79. The zero-order chi connectivity index (χ0) is 11.8. The number of thioether (sulfide) groups is 1. The van der Waals surface area contributed by atoms with Crippen molar-refractivity contribution in [2.45, 2.75) is 50.8 Å². The fourth-order valence-electron chi connectivity index (χ4n) is 2.45. The highest BCUT2D eigenvalue weighted by molar-refractivity contribution is 7.99. The summed E-state index contributed by atoms with van der Waals surface area (Å²) in [6, 6.07) is 0.744. The van der Waals surface area contributed by atoms with E-state index in [9.17, 15) is 0 Å². The summed E-state index contributed by atoms with van der Waals surface area (Å²) >= 11 is 2.15. The van der Waals surface area contributed by atoms with E-state index >= 15 is 0 Å². The van der Waals surface area contributed by atoms with Crippen LogP contribution in [0.4, 0.5) is 0 Å². The van der Waals surface area contributed by atoms with Crippen LogP contribution in [0.1, 0.15) is 39.5 Å². The predicted octanol–water partition coefficient (Wildman–Crippen LogP) is 2.92. The molecule has 3 unspecified atom stereocenters. The van der Waals surface area contributed by atoms with Gasteiger partial charge in [-0.2, -0.15) is 11.8 Å². The predicted molar refractivity (Wildman–Crippen MR) is 73.2 cm³/mol. The van der Waals surface area contributed by atoms with Crippen molar-refractivity contribution in [3.63, 3.8) is 0 Å². The van der Waals surface area contributed by atoms with Crippen molar-refractivity contribution >= 4 is 11.8 Å². The number of rotatable bonds is 7. The van der Waals surface area contributed by atoms with Crippen molar-refractivity contribution in [1.82, 2.24) is 5.32 Å². The van der Waals surface area contributed by atoms with Gasteiger partial charge in [-0.05, 0) is 43.9 Å². The molecule has 96 valence electrons. The first kappa shape index (κ1) is 14.3. The number of nitrogens with one attached hydrogen (secondary N) is 1. The van der Waals surface area contributed by atoms with E-state index < -0.39 is 0 Å². The monoisotopic (exact) mass is 245 g/mol. The molecule has 0 saturated heterocycles. The quantitative estimate of drug-likeness (QED) is 0.697. The molecule has 0 radical (unpaired) electrons. The largest absolute Gasteiger partial charge is 0.385 e. The van der Waals surface area contributed by atoms with E-state index in [1.54, 1.807) is 7.11 Å². The van der Waals surface area contributed by atoms with Crippen molar-refractivity contribution in [3.8, 4) is 0 Å². The van der Waals surface area contributed by atoms with Crippen LogP contribution < -0.4 is 5.32 Å². The van der Waals surface area contributed by atoms with E-state index in [2.05, 4.69) is 30.9 Å². The van der Waals surface area contributed by atoms with E-state index in [0.717, 1.165) is 30.4 Å². The van der Waals surface area contributed by atoms with E-state index in [4.69, 9.17) is 4.74 Å². The highest BCUT2D eigenvalue weighted by atomic mass is 32.2. The average molecular weight is 245 g/mol. The fourth-order valence-corrected chi connectivity index (χ4v) is 3.96.